The first-order valence-electron chi connectivity index (χ1n) is 11.9. The zero-order valence-corrected chi connectivity index (χ0v) is 25.4. The van der Waals surface area contributed by atoms with E-state index in [0.29, 0.717) is 31.6 Å². The summed E-state index contributed by atoms with van der Waals surface area (Å²) in [5, 5.41) is 4.99. The summed E-state index contributed by atoms with van der Waals surface area (Å²) in [6.45, 7) is -0.369. The largest absolute Gasteiger partial charge is 0.493 e. The first-order valence-corrected chi connectivity index (χ1v) is 14.9. The summed E-state index contributed by atoms with van der Waals surface area (Å²) in [6, 6.07) is 21.1. The molecule has 0 saturated carbocycles. The Hall–Kier alpha value is -3.64. The number of nitrogens with zero attached hydrogens (tertiary/aromatic N) is 3. The minimum Gasteiger partial charge on any atom is -0.493 e. The number of aromatic nitrogens is 1. The van der Waals surface area contributed by atoms with Gasteiger partial charge in [-0.25, -0.2) is 23.1 Å². The number of carbonyl (C=O) groups excluding carboxylic acids is 1. The maximum Gasteiger partial charge on any atom is 0.265 e. The zero-order valence-electron chi connectivity index (χ0n) is 21.5. The minimum absolute atomic E-state index is 0.0274. The fraction of sp³-hybridized carbons (Fsp3) is 0.107. The summed E-state index contributed by atoms with van der Waals surface area (Å²) >= 11 is 15.7. The Kier molecular flexibility index (Phi) is 10.2. The van der Waals surface area contributed by atoms with Crippen LogP contribution in [0.1, 0.15) is 11.1 Å². The smallest absolute Gasteiger partial charge is 0.265 e. The Morgan fingerprint density at radius 1 is 1.07 bits per heavy atom. The molecule has 212 valence electrons. The van der Waals surface area contributed by atoms with Gasteiger partial charge in [-0.2, -0.15) is 5.10 Å². The van der Waals surface area contributed by atoms with Crippen LogP contribution in [0.5, 0.6) is 11.5 Å². The third-order valence-corrected chi connectivity index (χ3v) is 8.51. The number of sulfonamides is 1. The van der Waals surface area contributed by atoms with E-state index in [1.165, 1.54) is 37.7 Å². The first-order chi connectivity index (χ1) is 19.7. The maximum absolute atomic E-state index is 13.3. The molecule has 1 amide bonds. The zero-order chi connectivity index (χ0) is 29.4. The van der Waals surface area contributed by atoms with E-state index < -0.39 is 22.5 Å². The van der Waals surface area contributed by atoms with Crippen LogP contribution in [-0.2, 0) is 21.4 Å². The van der Waals surface area contributed by atoms with Crippen molar-refractivity contribution in [2.75, 3.05) is 18.0 Å². The lowest BCUT2D eigenvalue weighted by molar-refractivity contribution is -0.119. The van der Waals surface area contributed by atoms with Gasteiger partial charge in [-0.15, -0.1) is 0 Å². The molecule has 9 nitrogen and oxygen atoms in total. The van der Waals surface area contributed by atoms with Crippen LogP contribution in [0.25, 0.3) is 0 Å². The molecule has 1 heterocycles. The second-order valence-electron chi connectivity index (χ2n) is 8.36. The van der Waals surface area contributed by atoms with Gasteiger partial charge >= 0.3 is 0 Å². The summed E-state index contributed by atoms with van der Waals surface area (Å²) in [4.78, 5) is 16.9. The van der Waals surface area contributed by atoms with Crippen LogP contribution in [0.3, 0.4) is 0 Å². The van der Waals surface area contributed by atoms with Gasteiger partial charge in [-0.05, 0) is 70.0 Å². The number of pyridine rings is 1. The standard InChI is InChI=1S/C28H23BrCl2N4O5S/c1-39-25-14-19(13-23(29)28(25)40-18-20-10-11-21(30)15-24(20)31)16-33-34-27(36)17-35(26-9-5-6-12-32-26)41(37,38)22-7-3-2-4-8-22/h2-16H,17-18H2,1H3,(H,34,36)/b33-16-. The van der Waals surface area contributed by atoms with E-state index in [1.54, 1.807) is 60.7 Å². The van der Waals surface area contributed by atoms with Gasteiger partial charge < -0.3 is 9.47 Å². The number of hydrazone groups is 1. The number of hydrogen-bond acceptors (Lipinski definition) is 7. The van der Waals surface area contributed by atoms with Crippen LogP contribution in [0.15, 0.2) is 99.5 Å². The molecule has 13 heteroatoms. The summed E-state index contributed by atoms with van der Waals surface area (Å²) < 4.78 is 39.5. The van der Waals surface area contributed by atoms with Crippen molar-refractivity contribution < 1.29 is 22.7 Å². The van der Waals surface area contributed by atoms with Crippen LogP contribution < -0.4 is 19.2 Å². The van der Waals surface area contributed by atoms with Crippen LogP contribution >= 0.6 is 39.1 Å². The molecular formula is C28H23BrCl2N4O5S. The molecule has 0 aliphatic carbocycles. The Balaban J connectivity index is 1.46. The molecule has 0 radical (unpaired) electrons. The summed E-state index contributed by atoms with van der Waals surface area (Å²) in [5.41, 5.74) is 3.68. The van der Waals surface area contributed by atoms with E-state index in [1.807, 2.05) is 0 Å². The van der Waals surface area contributed by atoms with Gasteiger partial charge in [0.15, 0.2) is 11.5 Å². The summed E-state index contributed by atoms with van der Waals surface area (Å²) in [5.74, 6) is 0.279. The average Bonchev–Trinajstić information content (AvgIpc) is 2.96. The first kappa shape index (κ1) is 30.3. The van der Waals surface area contributed by atoms with Crippen molar-refractivity contribution in [1.29, 1.82) is 0 Å². The van der Waals surface area contributed by atoms with Crippen molar-refractivity contribution in [3.8, 4) is 11.5 Å². The number of halogens is 3. The van der Waals surface area contributed by atoms with Crippen molar-refractivity contribution in [2.45, 2.75) is 11.5 Å². The molecule has 0 saturated heterocycles. The second kappa shape index (κ2) is 13.8. The molecule has 41 heavy (non-hydrogen) atoms. The molecular weight excluding hydrogens is 655 g/mol. The van der Waals surface area contributed by atoms with Crippen LogP contribution in [0, 0.1) is 0 Å². The number of nitrogens with one attached hydrogen (secondary N) is 1. The van der Waals surface area contributed by atoms with E-state index in [0.717, 1.165) is 9.87 Å². The highest BCUT2D eigenvalue weighted by atomic mass is 79.9. The fourth-order valence-electron chi connectivity index (χ4n) is 3.60. The van der Waals surface area contributed by atoms with E-state index >= 15 is 0 Å². The SMILES string of the molecule is COc1cc(/C=N\NC(=O)CN(c2ccccn2)S(=O)(=O)c2ccccc2)cc(Br)c1OCc1ccc(Cl)cc1Cl. The van der Waals surface area contributed by atoms with Crippen molar-refractivity contribution in [3.63, 3.8) is 0 Å². The highest BCUT2D eigenvalue weighted by molar-refractivity contribution is 9.10. The lowest BCUT2D eigenvalue weighted by atomic mass is 10.2. The molecule has 4 rings (SSSR count). The number of ether oxygens (including phenoxy) is 2. The van der Waals surface area contributed by atoms with E-state index in [-0.39, 0.29) is 17.3 Å². The van der Waals surface area contributed by atoms with Gasteiger partial charge in [-0.1, -0.05) is 53.5 Å². The number of carbonyl (C=O) groups is 1. The highest BCUT2D eigenvalue weighted by Gasteiger charge is 2.27. The summed E-state index contributed by atoms with van der Waals surface area (Å²) in [7, 11) is -2.58. The van der Waals surface area contributed by atoms with Crippen LogP contribution in [-0.4, -0.2) is 39.2 Å². The topological polar surface area (TPSA) is 110 Å². The number of methoxy groups -OCH3 is 1. The number of rotatable bonds is 11. The third kappa shape index (κ3) is 7.76. The maximum atomic E-state index is 13.3. The molecule has 0 unspecified atom stereocenters. The molecule has 0 atom stereocenters. The molecule has 1 N–H and O–H groups in total. The lowest BCUT2D eigenvalue weighted by Gasteiger charge is -2.22. The van der Waals surface area contributed by atoms with Crippen LogP contribution in [0.4, 0.5) is 5.82 Å². The number of benzene rings is 3. The molecule has 3 aromatic carbocycles. The van der Waals surface area contributed by atoms with Gasteiger partial charge in [-0.3, -0.25) is 4.79 Å². The van der Waals surface area contributed by atoms with Gasteiger partial charge in [0.25, 0.3) is 15.9 Å². The monoisotopic (exact) mass is 676 g/mol. The number of amides is 1. The van der Waals surface area contributed by atoms with Gasteiger partial charge in [0.2, 0.25) is 0 Å². The molecule has 0 bridgehead atoms. The van der Waals surface area contributed by atoms with Crippen molar-refractivity contribution in [1.82, 2.24) is 10.4 Å². The lowest BCUT2D eigenvalue weighted by Crippen LogP contribution is -2.40. The van der Waals surface area contributed by atoms with Gasteiger partial charge in [0.05, 0.1) is 22.7 Å². The molecule has 4 aromatic rings. The third-order valence-electron chi connectivity index (χ3n) is 5.56. The Morgan fingerprint density at radius 2 is 1.83 bits per heavy atom. The molecule has 0 spiro atoms. The normalized spacial score (nSPS) is 11.3. The Bertz CT molecular complexity index is 1660. The van der Waals surface area contributed by atoms with Crippen molar-refractivity contribution in [2.24, 2.45) is 5.10 Å². The molecule has 0 aliphatic heterocycles. The molecule has 0 fully saturated rings. The quantitative estimate of drug-likeness (QED) is 0.152. The summed E-state index contributed by atoms with van der Waals surface area (Å²) in [6.07, 6.45) is 2.84. The average molecular weight is 678 g/mol. The van der Waals surface area contributed by atoms with Crippen molar-refractivity contribution >= 4 is 67.1 Å². The number of anilines is 1. The van der Waals surface area contributed by atoms with Gasteiger partial charge in [0, 0.05) is 21.8 Å². The predicted molar refractivity (Wildman–Crippen MR) is 162 cm³/mol. The van der Waals surface area contributed by atoms with Gasteiger partial charge in [0.1, 0.15) is 19.0 Å². The van der Waals surface area contributed by atoms with E-state index in [2.05, 4.69) is 31.4 Å². The molecule has 0 aliphatic rings. The Labute approximate surface area is 255 Å². The predicted octanol–water partition coefficient (Wildman–Crippen LogP) is 6.08. The number of hydrogen-bond donors (Lipinski definition) is 1. The Morgan fingerprint density at radius 3 is 2.51 bits per heavy atom. The van der Waals surface area contributed by atoms with Crippen molar-refractivity contribution in [3.05, 3.63) is 111 Å². The van der Waals surface area contributed by atoms with E-state index in [9.17, 15) is 13.2 Å². The highest BCUT2D eigenvalue weighted by Crippen LogP contribution is 2.37. The minimum atomic E-state index is -4.07. The van der Waals surface area contributed by atoms with E-state index in [4.69, 9.17) is 32.7 Å². The fourth-order valence-corrected chi connectivity index (χ4v) is 6.03. The second-order valence-corrected chi connectivity index (χ2v) is 11.9. The molecule has 1 aromatic heterocycles. The van der Waals surface area contributed by atoms with Crippen LogP contribution in [0.2, 0.25) is 10.0 Å².